The first-order valence-corrected chi connectivity index (χ1v) is 38.1. The first-order chi connectivity index (χ1) is 56.9. The topological polar surface area (TPSA) is 267 Å². The molecule has 0 aliphatic carbocycles. The van der Waals surface area contributed by atoms with Crippen molar-refractivity contribution in [3.63, 3.8) is 0 Å². The van der Waals surface area contributed by atoms with Gasteiger partial charge in [0.1, 0.15) is 55.9 Å². The van der Waals surface area contributed by atoms with Crippen molar-refractivity contribution in [3.8, 4) is 0 Å². The number of carbonyl (C=O) groups is 7. The summed E-state index contributed by atoms with van der Waals surface area (Å²) in [5.74, 6) is -6.85. The van der Waals surface area contributed by atoms with Gasteiger partial charge in [0.2, 0.25) is 0 Å². The molecule has 3 aliphatic heterocycles. The van der Waals surface area contributed by atoms with Crippen LogP contribution in [0.3, 0.4) is 0 Å². The Morgan fingerprint density at radius 2 is 0.543 bits per heavy atom. The van der Waals surface area contributed by atoms with Crippen molar-refractivity contribution in [2.75, 3.05) is 26.4 Å². The molecule has 3 heterocycles. The van der Waals surface area contributed by atoms with E-state index in [-0.39, 0.29) is 65.4 Å². The standard InChI is InChI=1S/C93H86O23/c1-2-3-34-55-101-91-81(104-58-64-39-18-6-19-40-64)78(103-57-63-37-16-5-17-38-63)75(102-56-62-35-14-4-15-36-62)72(108-91)61-107-92-82(114-89(99)70-51-30-12-31-52-70)80(113-88(98)69-49-28-11-29-50-69)77(74(109-92)60-106-85(95)66-43-22-8-23-44-66)116-93-83(115-90(100)71-53-32-13-33-54-71)79(112-87(97)68-47-26-10-27-48-68)76(111-86(96)67-45-24-9-25-46-67)73(110-93)59-105-84(94)65-41-20-7-21-42-65/h2,4-33,35-54,72-83,91-93H,1,3,34,55-61H2/t72-,73-,74-,75-,76+,77-,78+,79+,80+,81+,82-,83-,91+,92-,93+/m1/s1. The van der Waals surface area contributed by atoms with E-state index in [4.69, 9.17) is 75.8 Å². The average Bonchev–Trinajstić information content (AvgIpc) is 0.758. The lowest BCUT2D eigenvalue weighted by Crippen LogP contribution is -2.67. The molecular formula is C93H86O23. The summed E-state index contributed by atoms with van der Waals surface area (Å²) in [5, 5.41) is 0. The number of carbonyl (C=O) groups excluding carboxylic acids is 7. The van der Waals surface area contributed by atoms with E-state index < -0.39 is 154 Å². The lowest BCUT2D eigenvalue weighted by molar-refractivity contribution is -0.364. The molecule has 0 saturated carbocycles. The Bertz CT molecular complexity index is 4750. The van der Waals surface area contributed by atoms with Gasteiger partial charge in [-0.05, 0) is 114 Å². The highest BCUT2D eigenvalue weighted by Gasteiger charge is 2.59. The molecule has 0 spiro atoms. The lowest BCUT2D eigenvalue weighted by Gasteiger charge is -2.49. The average molecular weight is 1570 g/mol. The van der Waals surface area contributed by atoms with Crippen LogP contribution in [0.25, 0.3) is 0 Å². The largest absolute Gasteiger partial charge is 0.459 e. The van der Waals surface area contributed by atoms with Crippen LogP contribution in [0.5, 0.6) is 0 Å². The van der Waals surface area contributed by atoms with Crippen LogP contribution < -0.4 is 0 Å². The van der Waals surface area contributed by atoms with Crippen LogP contribution in [0.15, 0.2) is 316 Å². The highest BCUT2D eigenvalue weighted by Crippen LogP contribution is 2.39. The Morgan fingerprint density at radius 1 is 0.267 bits per heavy atom. The van der Waals surface area contributed by atoms with Gasteiger partial charge in [0.25, 0.3) is 0 Å². The smallest absolute Gasteiger partial charge is 0.338 e. The summed E-state index contributed by atoms with van der Waals surface area (Å²) >= 11 is 0. The Balaban J connectivity index is 0.958. The van der Waals surface area contributed by atoms with E-state index in [9.17, 15) is 19.2 Å². The summed E-state index contributed by atoms with van der Waals surface area (Å²) in [5.41, 5.74) is 2.60. The van der Waals surface area contributed by atoms with Gasteiger partial charge < -0.3 is 75.8 Å². The van der Waals surface area contributed by atoms with Crippen molar-refractivity contribution in [3.05, 3.63) is 372 Å². The fourth-order valence-electron chi connectivity index (χ4n) is 13.3. The third-order valence-corrected chi connectivity index (χ3v) is 19.2. The van der Waals surface area contributed by atoms with Gasteiger partial charge >= 0.3 is 41.8 Å². The third kappa shape index (κ3) is 22.2. The lowest BCUT2D eigenvalue weighted by atomic mass is 9.95. The summed E-state index contributed by atoms with van der Waals surface area (Å²) in [7, 11) is 0. The van der Waals surface area contributed by atoms with E-state index in [1.807, 2.05) is 91.0 Å². The second kappa shape index (κ2) is 41.8. The second-order valence-electron chi connectivity index (χ2n) is 27.3. The summed E-state index contributed by atoms with van der Waals surface area (Å²) in [6, 6.07) is 83.4. The summed E-state index contributed by atoms with van der Waals surface area (Å²) in [6.07, 6.45) is -22.1. The number of esters is 7. The first-order valence-electron chi connectivity index (χ1n) is 38.1. The highest BCUT2D eigenvalue weighted by atomic mass is 16.8. The van der Waals surface area contributed by atoms with Gasteiger partial charge in [-0.3, -0.25) is 0 Å². The van der Waals surface area contributed by atoms with Gasteiger partial charge in [-0.2, -0.15) is 0 Å². The van der Waals surface area contributed by atoms with Crippen molar-refractivity contribution < 1.29 is 109 Å². The molecular weight excluding hydrogens is 1480 g/mol. The summed E-state index contributed by atoms with van der Waals surface area (Å²) < 4.78 is 108. The van der Waals surface area contributed by atoms with E-state index in [0.717, 1.165) is 16.7 Å². The van der Waals surface area contributed by atoms with E-state index in [1.54, 1.807) is 133 Å². The normalized spacial score (nSPS) is 22.9. The second-order valence-corrected chi connectivity index (χ2v) is 27.3. The minimum atomic E-state index is -2.17. The van der Waals surface area contributed by atoms with Crippen molar-refractivity contribution >= 4 is 41.8 Å². The maximum absolute atomic E-state index is 15.4. The van der Waals surface area contributed by atoms with Crippen LogP contribution in [0.1, 0.15) is 102 Å². The molecule has 0 bridgehead atoms. The quantitative estimate of drug-likeness (QED) is 0.0155. The Kier molecular flexibility index (Phi) is 29.5. The fraction of sp³-hybridized carbons (Fsp3) is 0.258. The van der Waals surface area contributed by atoms with Crippen LogP contribution in [-0.2, 0) is 95.6 Å². The molecule has 0 unspecified atom stereocenters. The number of unbranched alkanes of at least 4 members (excludes halogenated alkanes) is 1. The van der Waals surface area contributed by atoms with Crippen molar-refractivity contribution in [2.24, 2.45) is 0 Å². The van der Waals surface area contributed by atoms with E-state index in [1.165, 1.54) is 84.9 Å². The molecule has 0 radical (unpaired) electrons. The Morgan fingerprint density at radius 3 is 0.914 bits per heavy atom. The maximum atomic E-state index is 15.4. The molecule has 3 saturated heterocycles. The Labute approximate surface area is 670 Å². The van der Waals surface area contributed by atoms with E-state index in [0.29, 0.717) is 12.8 Å². The maximum Gasteiger partial charge on any atom is 0.338 e. The van der Waals surface area contributed by atoms with Gasteiger partial charge in [-0.1, -0.05) is 224 Å². The SMILES string of the molecule is C=CCCCO[C@H]1O[C@H](CO[C@@H]2O[C@H](COC(=O)c3ccccc3)[C@@H](O[C@@H]3O[C@H](COC(=O)c4ccccc4)[C@H](OC(=O)c4ccccc4)[C@H](OC(=O)c4ccccc4)[C@H]3OC(=O)c3ccccc3)[C@H](OC(=O)c3ccccc3)[C@H]2OC(=O)c2ccccc2)[C@@H](OCc2ccccc2)[C@H](OCc2ccccc2)[C@@H]1OCc1ccccc1. The molecule has 13 rings (SSSR count). The van der Waals surface area contributed by atoms with Gasteiger partial charge in [-0.25, -0.2) is 33.6 Å². The molecule has 3 fully saturated rings. The van der Waals surface area contributed by atoms with Crippen LogP contribution >= 0.6 is 0 Å². The zero-order valence-corrected chi connectivity index (χ0v) is 63.1. The number of benzene rings is 10. The van der Waals surface area contributed by atoms with Crippen LogP contribution in [0.4, 0.5) is 0 Å². The highest BCUT2D eigenvalue weighted by molar-refractivity contribution is 5.93. The molecule has 10 aromatic rings. The zero-order valence-electron chi connectivity index (χ0n) is 63.1. The molecule has 3 aliphatic rings. The molecule has 10 aromatic carbocycles. The molecule has 0 N–H and O–H groups in total. The number of rotatable bonds is 35. The van der Waals surface area contributed by atoms with Crippen LogP contribution in [0, 0.1) is 0 Å². The number of allylic oxidation sites excluding steroid dienone is 1. The minimum absolute atomic E-state index is 0.00714. The fourth-order valence-corrected chi connectivity index (χ4v) is 13.3. The third-order valence-electron chi connectivity index (χ3n) is 19.2. The van der Waals surface area contributed by atoms with Gasteiger partial charge in [0.05, 0.1) is 72.0 Å². The monoisotopic (exact) mass is 1570 g/mol. The summed E-state index contributed by atoms with van der Waals surface area (Å²) in [6.45, 7) is 2.14. The predicted molar refractivity (Wildman–Crippen MR) is 419 cm³/mol. The van der Waals surface area contributed by atoms with Crippen molar-refractivity contribution in [1.29, 1.82) is 0 Å². The predicted octanol–water partition coefficient (Wildman–Crippen LogP) is 14.1. The summed E-state index contributed by atoms with van der Waals surface area (Å²) in [4.78, 5) is 104. The van der Waals surface area contributed by atoms with E-state index >= 15 is 14.4 Å². The van der Waals surface area contributed by atoms with Crippen molar-refractivity contribution in [2.45, 2.75) is 125 Å². The van der Waals surface area contributed by atoms with Gasteiger partial charge in [-0.15, -0.1) is 6.58 Å². The molecule has 15 atom stereocenters. The van der Waals surface area contributed by atoms with E-state index in [2.05, 4.69) is 6.58 Å². The Hall–Kier alpha value is -12.1. The molecule has 23 nitrogen and oxygen atoms in total. The number of hydrogen-bond donors (Lipinski definition) is 0. The number of hydrogen-bond acceptors (Lipinski definition) is 23. The molecule has 0 amide bonds. The number of ether oxygens (including phenoxy) is 16. The molecule has 23 heteroatoms. The zero-order chi connectivity index (χ0) is 80.2. The molecule has 596 valence electrons. The molecule has 0 aromatic heterocycles. The van der Waals surface area contributed by atoms with Gasteiger partial charge in [0.15, 0.2) is 49.4 Å². The van der Waals surface area contributed by atoms with Gasteiger partial charge in [0, 0.05) is 0 Å². The van der Waals surface area contributed by atoms with Crippen molar-refractivity contribution in [1.82, 2.24) is 0 Å². The first kappa shape index (κ1) is 81.9. The van der Waals surface area contributed by atoms with Crippen LogP contribution in [-0.4, -0.2) is 160 Å². The van der Waals surface area contributed by atoms with Crippen LogP contribution in [0.2, 0.25) is 0 Å². The molecule has 116 heavy (non-hydrogen) atoms. The minimum Gasteiger partial charge on any atom is -0.459 e.